The molecule has 4 heterocycles. The molecule has 8 heteroatoms. The number of nitrogens with one attached hydrogen (secondary N) is 1. The van der Waals surface area contributed by atoms with Crippen molar-refractivity contribution >= 4 is 17.4 Å². The lowest BCUT2D eigenvalue weighted by atomic mass is 10.2. The van der Waals surface area contributed by atoms with Crippen molar-refractivity contribution in [2.45, 2.75) is 26.6 Å². The number of amides is 1. The molecule has 0 saturated carbocycles. The highest BCUT2D eigenvalue weighted by Crippen LogP contribution is 2.31. The fraction of sp³-hybridized carbons (Fsp3) is 0.217. The van der Waals surface area contributed by atoms with E-state index in [9.17, 15) is 4.79 Å². The normalized spacial score (nSPS) is 13.5. The van der Waals surface area contributed by atoms with Crippen molar-refractivity contribution in [3.05, 3.63) is 76.7 Å². The van der Waals surface area contributed by atoms with Gasteiger partial charge in [-0.2, -0.15) is 0 Å². The average molecular weight is 413 g/mol. The van der Waals surface area contributed by atoms with Crippen molar-refractivity contribution in [1.29, 1.82) is 0 Å². The number of primary amides is 1. The summed E-state index contributed by atoms with van der Waals surface area (Å²) < 4.78 is 1.84. The SMILES string of the molecule is Cc1nc2c(C(N)=O)cccn2c1-c1nc2c(c(NCc3ccccc3)n1)CN(C)C2. The number of benzene rings is 1. The second-order valence-electron chi connectivity index (χ2n) is 7.86. The summed E-state index contributed by atoms with van der Waals surface area (Å²) in [4.78, 5) is 28.4. The molecule has 0 bridgehead atoms. The summed E-state index contributed by atoms with van der Waals surface area (Å²) in [6, 6.07) is 13.7. The number of imidazole rings is 1. The number of carbonyl (C=O) groups is 1. The van der Waals surface area contributed by atoms with Crippen LogP contribution in [0.2, 0.25) is 0 Å². The number of carbonyl (C=O) groups excluding carboxylic acids is 1. The van der Waals surface area contributed by atoms with E-state index in [-0.39, 0.29) is 0 Å². The fourth-order valence-corrected chi connectivity index (χ4v) is 4.09. The van der Waals surface area contributed by atoms with Crippen LogP contribution in [0.15, 0.2) is 48.7 Å². The van der Waals surface area contributed by atoms with E-state index in [1.807, 2.05) is 35.7 Å². The molecule has 4 aromatic rings. The molecule has 8 nitrogen and oxygen atoms in total. The Kier molecular flexibility index (Phi) is 4.63. The molecule has 0 radical (unpaired) electrons. The number of pyridine rings is 1. The number of hydrogen-bond acceptors (Lipinski definition) is 6. The van der Waals surface area contributed by atoms with E-state index < -0.39 is 5.91 Å². The molecule has 1 aromatic carbocycles. The Morgan fingerprint density at radius 3 is 2.68 bits per heavy atom. The molecule has 0 aliphatic carbocycles. The summed E-state index contributed by atoms with van der Waals surface area (Å²) in [6.07, 6.45) is 1.86. The van der Waals surface area contributed by atoms with Gasteiger partial charge in [0.1, 0.15) is 17.2 Å². The molecule has 1 aliphatic rings. The third-order valence-corrected chi connectivity index (χ3v) is 5.54. The highest BCUT2D eigenvalue weighted by molar-refractivity contribution is 5.99. The zero-order chi connectivity index (χ0) is 21.5. The summed E-state index contributed by atoms with van der Waals surface area (Å²) in [5.41, 5.74) is 11.2. The molecule has 1 aliphatic heterocycles. The largest absolute Gasteiger partial charge is 0.366 e. The van der Waals surface area contributed by atoms with E-state index in [4.69, 9.17) is 15.7 Å². The quantitative estimate of drug-likeness (QED) is 0.522. The number of hydrogen-bond donors (Lipinski definition) is 2. The van der Waals surface area contributed by atoms with Gasteiger partial charge in [-0.3, -0.25) is 14.1 Å². The molecule has 5 rings (SSSR count). The van der Waals surface area contributed by atoms with Gasteiger partial charge in [-0.25, -0.2) is 15.0 Å². The molecule has 0 spiro atoms. The maximum absolute atomic E-state index is 11.9. The van der Waals surface area contributed by atoms with E-state index in [0.717, 1.165) is 41.6 Å². The Balaban J connectivity index is 1.62. The predicted molar refractivity (Wildman–Crippen MR) is 118 cm³/mol. The lowest BCUT2D eigenvalue weighted by Gasteiger charge is -2.12. The summed E-state index contributed by atoms with van der Waals surface area (Å²) in [7, 11) is 2.07. The van der Waals surface area contributed by atoms with Crippen LogP contribution in [0.25, 0.3) is 17.2 Å². The highest BCUT2D eigenvalue weighted by Gasteiger charge is 2.25. The molecule has 3 N–H and O–H groups in total. The molecule has 0 unspecified atom stereocenters. The number of anilines is 1. The van der Waals surface area contributed by atoms with Crippen LogP contribution in [0.1, 0.15) is 32.9 Å². The Morgan fingerprint density at radius 2 is 1.90 bits per heavy atom. The third kappa shape index (κ3) is 3.40. The second kappa shape index (κ2) is 7.48. The summed E-state index contributed by atoms with van der Waals surface area (Å²) in [5.74, 6) is 0.897. The molecular formula is C23H23N7O. The lowest BCUT2D eigenvalue weighted by molar-refractivity contribution is 0.100. The van der Waals surface area contributed by atoms with Crippen molar-refractivity contribution in [2.75, 3.05) is 12.4 Å². The number of fused-ring (bicyclic) bond motifs is 2. The second-order valence-corrected chi connectivity index (χ2v) is 7.86. The first-order chi connectivity index (χ1) is 15.0. The van der Waals surface area contributed by atoms with Gasteiger partial charge in [0.15, 0.2) is 5.82 Å². The van der Waals surface area contributed by atoms with Crippen molar-refractivity contribution in [3.8, 4) is 11.5 Å². The van der Waals surface area contributed by atoms with Crippen LogP contribution in [0.4, 0.5) is 5.82 Å². The van der Waals surface area contributed by atoms with E-state index in [0.29, 0.717) is 23.6 Å². The van der Waals surface area contributed by atoms with Gasteiger partial charge in [-0.15, -0.1) is 0 Å². The molecule has 0 saturated heterocycles. The van der Waals surface area contributed by atoms with Gasteiger partial charge in [-0.05, 0) is 31.7 Å². The lowest BCUT2D eigenvalue weighted by Crippen LogP contribution is -2.12. The van der Waals surface area contributed by atoms with Crippen LogP contribution >= 0.6 is 0 Å². The van der Waals surface area contributed by atoms with E-state index in [1.54, 1.807) is 12.1 Å². The van der Waals surface area contributed by atoms with Gasteiger partial charge in [0.05, 0.1) is 17.0 Å². The van der Waals surface area contributed by atoms with Crippen LogP contribution in [-0.4, -0.2) is 37.2 Å². The van der Waals surface area contributed by atoms with Crippen LogP contribution < -0.4 is 11.1 Å². The van der Waals surface area contributed by atoms with Crippen LogP contribution in [-0.2, 0) is 19.6 Å². The number of rotatable bonds is 5. The summed E-state index contributed by atoms with van der Waals surface area (Å²) in [6.45, 7) is 4.12. The zero-order valence-corrected chi connectivity index (χ0v) is 17.5. The minimum atomic E-state index is -0.510. The first-order valence-electron chi connectivity index (χ1n) is 10.1. The zero-order valence-electron chi connectivity index (χ0n) is 17.5. The number of aryl methyl sites for hydroxylation is 1. The fourth-order valence-electron chi connectivity index (χ4n) is 4.09. The maximum atomic E-state index is 11.9. The van der Waals surface area contributed by atoms with Gasteiger partial charge in [0.25, 0.3) is 5.91 Å². The van der Waals surface area contributed by atoms with Crippen molar-refractivity contribution in [2.24, 2.45) is 5.73 Å². The summed E-state index contributed by atoms with van der Waals surface area (Å²) in [5, 5.41) is 3.50. The predicted octanol–water partition coefficient (Wildman–Crippen LogP) is 2.76. The van der Waals surface area contributed by atoms with E-state index >= 15 is 0 Å². The number of nitrogens with zero attached hydrogens (tertiary/aromatic N) is 5. The molecule has 0 fully saturated rings. The van der Waals surface area contributed by atoms with Crippen molar-refractivity contribution < 1.29 is 4.79 Å². The maximum Gasteiger partial charge on any atom is 0.252 e. The molecule has 1 amide bonds. The minimum absolute atomic E-state index is 0.375. The molecule has 3 aromatic heterocycles. The highest BCUT2D eigenvalue weighted by atomic mass is 16.1. The van der Waals surface area contributed by atoms with Gasteiger partial charge in [-0.1, -0.05) is 30.3 Å². The Bertz CT molecular complexity index is 1300. The molecular weight excluding hydrogens is 390 g/mol. The topological polar surface area (TPSA) is 101 Å². The molecule has 31 heavy (non-hydrogen) atoms. The number of nitrogens with two attached hydrogens (primary N) is 1. The van der Waals surface area contributed by atoms with E-state index in [2.05, 4.69) is 34.4 Å². The van der Waals surface area contributed by atoms with Crippen LogP contribution in [0.5, 0.6) is 0 Å². The standard InChI is InChI=1S/C23H23N7O/c1-14-19(30-10-6-9-16(20(24)31)23(30)26-14)22-27-18-13-29(2)12-17(18)21(28-22)25-11-15-7-4-3-5-8-15/h3-10H,11-13H2,1-2H3,(H2,24,31)(H,25,27,28). The third-order valence-electron chi connectivity index (χ3n) is 5.54. The Morgan fingerprint density at radius 1 is 1.10 bits per heavy atom. The van der Waals surface area contributed by atoms with Crippen LogP contribution in [0.3, 0.4) is 0 Å². The van der Waals surface area contributed by atoms with Gasteiger partial charge in [0, 0.05) is 31.4 Å². The molecule has 0 atom stereocenters. The number of aromatic nitrogens is 4. The van der Waals surface area contributed by atoms with Gasteiger partial charge in [0.2, 0.25) is 0 Å². The smallest absolute Gasteiger partial charge is 0.252 e. The Labute approximate surface area is 179 Å². The monoisotopic (exact) mass is 413 g/mol. The van der Waals surface area contributed by atoms with E-state index in [1.165, 1.54) is 5.56 Å². The van der Waals surface area contributed by atoms with Crippen molar-refractivity contribution in [1.82, 2.24) is 24.3 Å². The average Bonchev–Trinajstić information content (AvgIpc) is 3.30. The van der Waals surface area contributed by atoms with Gasteiger partial charge >= 0.3 is 0 Å². The van der Waals surface area contributed by atoms with Gasteiger partial charge < -0.3 is 11.1 Å². The molecule has 156 valence electrons. The first kappa shape index (κ1) is 19.2. The Hall–Kier alpha value is -3.78. The minimum Gasteiger partial charge on any atom is -0.366 e. The van der Waals surface area contributed by atoms with Crippen molar-refractivity contribution in [3.63, 3.8) is 0 Å². The van der Waals surface area contributed by atoms with Crippen LogP contribution in [0, 0.1) is 6.92 Å². The summed E-state index contributed by atoms with van der Waals surface area (Å²) >= 11 is 0. The first-order valence-corrected chi connectivity index (χ1v) is 10.1.